The van der Waals surface area contributed by atoms with E-state index in [-0.39, 0.29) is 0 Å². The summed E-state index contributed by atoms with van der Waals surface area (Å²) in [5, 5.41) is 2.03. The van der Waals surface area contributed by atoms with E-state index in [0.717, 1.165) is 57.6 Å². The van der Waals surface area contributed by atoms with Crippen LogP contribution in [0.4, 0.5) is 0 Å². The molecule has 0 amide bonds. The zero-order valence-electron chi connectivity index (χ0n) is 20.3. The summed E-state index contributed by atoms with van der Waals surface area (Å²) in [5.41, 5.74) is 0. The molecule has 5 nitrogen and oxygen atoms in total. The lowest BCUT2D eigenvalue weighted by molar-refractivity contribution is 0.205. The normalized spacial score (nSPS) is 18.0. The van der Waals surface area contributed by atoms with Gasteiger partial charge in [0.15, 0.2) is 9.40 Å². The number of likely N-dealkylation sites (tertiary alicyclic amines) is 2. The van der Waals surface area contributed by atoms with Gasteiger partial charge in [-0.3, -0.25) is 0 Å². The quantitative estimate of drug-likeness (QED) is 0.253. The number of rotatable bonds is 10. The molecule has 2 aliphatic heterocycles. The number of thiophene rings is 1. The molecule has 3 heterocycles. The van der Waals surface area contributed by atoms with Crippen LogP contribution in [0.2, 0.25) is 0 Å². The van der Waals surface area contributed by atoms with Crippen molar-refractivity contribution in [3.8, 4) is 11.5 Å². The summed E-state index contributed by atoms with van der Waals surface area (Å²) in [6, 6.07) is 12.0. The van der Waals surface area contributed by atoms with Crippen LogP contribution in [-0.4, -0.2) is 66.8 Å². The van der Waals surface area contributed by atoms with Gasteiger partial charge in [0.2, 0.25) is 0 Å². The first-order valence-corrected chi connectivity index (χ1v) is 14.3. The van der Waals surface area contributed by atoms with Crippen LogP contribution in [0.3, 0.4) is 0 Å². The predicted octanol–water partition coefficient (Wildman–Crippen LogP) is 6.23. The molecule has 1 aromatic heterocycles. The van der Waals surface area contributed by atoms with Gasteiger partial charge in [-0.2, -0.15) is 0 Å². The fraction of sp³-hybridized carbons (Fsp3) is 0.571. The molecule has 2 aliphatic rings. The molecule has 0 aliphatic carbocycles. The highest BCUT2D eigenvalue weighted by Gasteiger charge is 2.17. The minimum atomic E-state index is -1.14. The first kappa shape index (κ1) is 23.9. The highest BCUT2D eigenvalue weighted by molar-refractivity contribution is 7.37. The topological polar surface area (TPSA) is 48.0 Å². The molecule has 0 saturated carbocycles. The number of nitrogens with zero attached hydrogens (tertiary/aromatic N) is 2. The smallest absolute Gasteiger partial charge is 0.181 e. The maximum absolute atomic E-state index is 13.0. The number of hydrogen-bond acceptors (Lipinski definition) is 5. The summed E-state index contributed by atoms with van der Waals surface area (Å²) in [4.78, 5) is 5.09. The van der Waals surface area contributed by atoms with Crippen molar-refractivity contribution in [1.29, 1.82) is 0 Å². The predicted molar refractivity (Wildman–Crippen MR) is 141 cm³/mol. The Morgan fingerprint density at radius 2 is 1.09 bits per heavy atom. The van der Waals surface area contributed by atoms with E-state index in [0.29, 0.717) is 13.2 Å². The third-order valence-corrected chi connectivity index (χ3v) is 8.77. The van der Waals surface area contributed by atoms with Gasteiger partial charge in [-0.25, -0.2) is 0 Å². The molecule has 0 N–H and O–H groups in total. The van der Waals surface area contributed by atoms with E-state index in [4.69, 9.17) is 9.47 Å². The number of piperidine rings is 2. The second-order valence-electron chi connectivity index (χ2n) is 9.79. The summed E-state index contributed by atoms with van der Waals surface area (Å²) in [5.74, 6) is 1.71. The van der Waals surface area contributed by atoms with E-state index in [1.165, 1.54) is 64.7 Å². The second-order valence-corrected chi connectivity index (χ2v) is 11.2. The Morgan fingerprint density at radius 1 is 0.647 bits per heavy atom. The van der Waals surface area contributed by atoms with E-state index in [1.807, 2.05) is 24.3 Å². The number of fused-ring (bicyclic) bond motifs is 3. The fourth-order valence-corrected chi connectivity index (χ4v) is 6.74. The summed E-state index contributed by atoms with van der Waals surface area (Å²) >= 11 is 0. The van der Waals surface area contributed by atoms with E-state index < -0.39 is 10.8 Å². The Balaban J connectivity index is 1.20. The average molecular weight is 483 g/mol. The second kappa shape index (κ2) is 11.7. The van der Waals surface area contributed by atoms with Gasteiger partial charge in [0.1, 0.15) is 11.5 Å². The molecule has 6 heteroatoms. The molecule has 0 bridgehead atoms. The van der Waals surface area contributed by atoms with E-state index in [1.54, 1.807) is 0 Å². The zero-order chi connectivity index (χ0) is 23.2. The van der Waals surface area contributed by atoms with Crippen molar-refractivity contribution in [2.24, 2.45) is 0 Å². The largest absolute Gasteiger partial charge is 0.590 e. The van der Waals surface area contributed by atoms with Gasteiger partial charge in [-0.05, 0) is 99.7 Å². The molecule has 0 spiro atoms. The first-order valence-electron chi connectivity index (χ1n) is 13.2. The Morgan fingerprint density at radius 3 is 1.53 bits per heavy atom. The van der Waals surface area contributed by atoms with Gasteiger partial charge in [-0.1, -0.05) is 12.8 Å². The average Bonchev–Trinajstić information content (AvgIpc) is 3.16. The number of benzene rings is 2. The van der Waals surface area contributed by atoms with Crippen LogP contribution in [0.25, 0.3) is 20.2 Å². The van der Waals surface area contributed by atoms with Gasteiger partial charge in [-0.15, -0.1) is 0 Å². The van der Waals surface area contributed by atoms with Gasteiger partial charge < -0.3 is 23.8 Å². The number of hydrogen-bond donors (Lipinski definition) is 0. The summed E-state index contributed by atoms with van der Waals surface area (Å²) in [7, 11) is -1.14. The summed E-state index contributed by atoms with van der Waals surface area (Å²) in [6.45, 7) is 8.55. The Labute approximate surface area is 206 Å². The zero-order valence-corrected chi connectivity index (χ0v) is 21.1. The molecular formula is C28H38N2O3S. The van der Waals surface area contributed by atoms with Crippen LogP contribution >= 0.6 is 10.8 Å². The Kier molecular flexibility index (Phi) is 8.22. The van der Waals surface area contributed by atoms with Crippen molar-refractivity contribution in [3.63, 3.8) is 0 Å². The van der Waals surface area contributed by atoms with E-state index >= 15 is 0 Å². The molecule has 2 saturated heterocycles. The van der Waals surface area contributed by atoms with Crippen LogP contribution in [0.1, 0.15) is 51.4 Å². The van der Waals surface area contributed by atoms with Crippen molar-refractivity contribution in [2.75, 3.05) is 52.5 Å². The summed E-state index contributed by atoms with van der Waals surface area (Å²) < 4.78 is 26.9. The molecule has 5 rings (SSSR count). The Bertz CT molecular complexity index is 987. The minimum Gasteiger partial charge on any atom is -0.590 e. The minimum absolute atomic E-state index is 0.714. The highest BCUT2D eigenvalue weighted by atomic mass is 32.2. The molecule has 34 heavy (non-hydrogen) atoms. The molecule has 0 atom stereocenters. The van der Waals surface area contributed by atoms with Crippen LogP contribution in [0, 0.1) is 0 Å². The van der Waals surface area contributed by atoms with Crippen molar-refractivity contribution < 1.29 is 14.0 Å². The maximum atomic E-state index is 13.0. The molecule has 2 aromatic carbocycles. The SMILES string of the molecule is [O-][s+]1c2ccc(OCCCN3CCCCC3)cc2c2cc(OCCCN3CCCCC3)ccc21. The van der Waals surface area contributed by atoms with Crippen LogP contribution < -0.4 is 9.47 Å². The molecule has 184 valence electrons. The van der Waals surface area contributed by atoms with E-state index in [9.17, 15) is 4.55 Å². The first-order chi connectivity index (χ1) is 16.8. The standard InChI is InChI=1S/C28H38N2O3S/c31-34-27-11-9-23(32-19-7-17-29-13-3-1-4-14-29)21-25(27)26-22-24(10-12-28(26)34)33-20-8-18-30-15-5-2-6-16-30/h9-12,21-22H,1-8,13-20H2. The fourth-order valence-electron chi connectivity index (χ4n) is 5.38. The highest BCUT2D eigenvalue weighted by Crippen LogP contribution is 2.43. The van der Waals surface area contributed by atoms with Gasteiger partial charge in [0, 0.05) is 25.2 Å². The monoisotopic (exact) mass is 482 g/mol. The van der Waals surface area contributed by atoms with Crippen LogP contribution in [-0.2, 0) is 0 Å². The molecule has 2 fully saturated rings. The van der Waals surface area contributed by atoms with Gasteiger partial charge in [0.05, 0.1) is 24.0 Å². The van der Waals surface area contributed by atoms with Crippen molar-refractivity contribution in [2.45, 2.75) is 51.4 Å². The van der Waals surface area contributed by atoms with Gasteiger partial charge >= 0.3 is 0 Å². The molecule has 0 unspecified atom stereocenters. The maximum Gasteiger partial charge on any atom is 0.181 e. The third-order valence-electron chi connectivity index (χ3n) is 7.26. The van der Waals surface area contributed by atoms with Crippen molar-refractivity contribution in [1.82, 2.24) is 9.80 Å². The number of ether oxygens (including phenoxy) is 2. The van der Waals surface area contributed by atoms with E-state index in [2.05, 4.69) is 21.9 Å². The third kappa shape index (κ3) is 5.85. The molecule has 3 aromatic rings. The summed E-state index contributed by atoms with van der Waals surface area (Å²) in [6.07, 6.45) is 10.1. The molecular weight excluding hydrogens is 444 g/mol. The van der Waals surface area contributed by atoms with Crippen molar-refractivity contribution >= 4 is 30.9 Å². The van der Waals surface area contributed by atoms with Crippen LogP contribution in [0.15, 0.2) is 36.4 Å². The lowest BCUT2D eigenvalue weighted by Gasteiger charge is -2.26. The van der Waals surface area contributed by atoms with Crippen LogP contribution in [0.5, 0.6) is 11.5 Å². The van der Waals surface area contributed by atoms with Crippen molar-refractivity contribution in [3.05, 3.63) is 36.4 Å². The lowest BCUT2D eigenvalue weighted by atomic mass is 10.1. The lowest BCUT2D eigenvalue weighted by Crippen LogP contribution is -2.31. The Hall–Kier alpha value is -1.86. The molecule has 0 radical (unpaired) electrons. The van der Waals surface area contributed by atoms with Gasteiger partial charge in [0.25, 0.3) is 0 Å².